The zero-order valence-electron chi connectivity index (χ0n) is 13.7. The highest BCUT2D eigenvalue weighted by Crippen LogP contribution is 2.42. The summed E-state index contributed by atoms with van der Waals surface area (Å²) in [4.78, 5) is 13.4. The van der Waals surface area contributed by atoms with Crippen LogP contribution in [0.2, 0.25) is 0 Å². The highest BCUT2D eigenvalue weighted by atomic mass is 19.4. The topological polar surface area (TPSA) is 40.5 Å². The van der Waals surface area contributed by atoms with Gasteiger partial charge in [0, 0.05) is 11.3 Å². The Balaban J connectivity index is 2.25. The van der Waals surface area contributed by atoms with E-state index in [0.717, 1.165) is 11.1 Å². The van der Waals surface area contributed by atoms with E-state index in [4.69, 9.17) is 0 Å². The Morgan fingerprint density at radius 2 is 1.76 bits per heavy atom. The zero-order chi connectivity index (χ0) is 18.4. The molecule has 0 spiro atoms. The molecule has 0 fully saturated rings. The van der Waals surface area contributed by atoms with Gasteiger partial charge in [-0.05, 0) is 43.2 Å². The number of hydrogen-bond donors (Lipinski definition) is 1. The van der Waals surface area contributed by atoms with E-state index in [1.165, 1.54) is 0 Å². The molecule has 1 aliphatic heterocycles. The lowest BCUT2D eigenvalue weighted by Crippen LogP contribution is -2.35. The van der Waals surface area contributed by atoms with Crippen LogP contribution in [0.5, 0.6) is 0 Å². The number of fused-ring (bicyclic) bond motifs is 1. The number of halogens is 3. The van der Waals surface area contributed by atoms with E-state index >= 15 is 0 Å². The molecule has 0 saturated carbocycles. The summed E-state index contributed by atoms with van der Waals surface area (Å²) in [5, 5.41) is 10.4. The lowest BCUT2D eigenvalue weighted by atomic mass is 9.93. The third-order valence-corrected chi connectivity index (χ3v) is 4.17. The predicted molar refractivity (Wildman–Crippen MR) is 90.0 cm³/mol. The van der Waals surface area contributed by atoms with Crippen molar-refractivity contribution in [3.05, 3.63) is 64.7 Å². The molecule has 3 rings (SSSR count). The lowest BCUT2D eigenvalue weighted by Gasteiger charge is -2.34. The number of rotatable bonds is 2. The number of carbonyl (C=O) groups excluding carboxylic acids is 1. The predicted octanol–water partition coefficient (Wildman–Crippen LogP) is 4.86. The van der Waals surface area contributed by atoms with Crippen molar-refractivity contribution in [1.82, 2.24) is 0 Å². The quantitative estimate of drug-likeness (QED) is 0.844. The summed E-state index contributed by atoms with van der Waals surface area (Å²) in [6.45, 7) is 3.27. The first-order valence-electron chi connectivity index (χ1n) is 7.68. The molecular formula is C19H16F3NO2. The molecule has 0 aromatic heterocycles. The number of benzene rings is 2. The summed E-state index contributed by atoms with van der Waals surface area (Å²) in [6, 6.07) is 12.3. The van der Waals surface area contributed by atoms with Crippen molar-refractivity contribution in [2.24, 2.45) is 0 Å². The highest BCUT2D eigenvalue weighted by molar-refractivity contribution is 6.08. The second-order valence-corrected chi connectivity index (χ2v) is 6.05. The molecule has 1 heterocycles. The van der Waals surface area contributed by atoms with Crippen molar-refractivity contribution in [3.63, 3.8) is 0 Å². The Bertz CT molecular complexity index is 870. The first-order valence-corrected chi connectivity index (χ1v) is 7.68. The summed E-state index contributed by atoms with van der Waals surface area (Å²) in [5.41, 5.74) is 2.44. The minimum atomic E-state index is -5.04. The number of nitrogens with zero attached hydrogens (tertiary/aromatic N) is 1. The number of carbonyl (C=O) groups is 1. The fraction of sp³-hybridized carbons (Fsp3) is 0.211. The molecule has 1 N–H and O–H groups in total. The number of anilines is 2. The van der Waals surface area contributed by atoms with E-state index in [2.05, 4.69) is 0 Å². The summed E-state index contributed by atoms with van der Waals surface area (Å²) in [7, 11) is 0. The highest BCUT2D eigenvalue weighted by Gasteiger charge is 2.44. The number of alkyl halides is 3. The van der Waals surface area contributed by atoms with Gasteiger partial charge in [0.2, 0.25) is 0 Å². The minimum absolute atomic E-state index is 0.236. The fourth-order valence-corrected chi connectivity index (χ4v) is 3.15. The molecule has 130 valence electrons. The molecule has 2 aromatic carbocycles. The molecule has 0 atom stereocenters. The van der Waals surface area contributed by atoms with E-state index in [1.807, 2.05) is 13.0 Å². The standard InChI is InChI=1S/C19H16F3NO2/c1-11-8-12(2)16-14(9-11)17(24)15(18(25)19(20,21)22)10-23(16)13-6-4-3-5-7-13/h3-9,24H,10H2,1-2H3. The van der Waals surface area contributed by atoms with Crippen LogP contribution in [0.1, 0.15) is 16.7 Å². The zero-order valence-corrected chi connectivity index (χ0v) is 13.7. The number of aliphatic hydroxyl groups is 1. The number of Topliss-reactive ketones (excluding diaryl/α,β-unsaturated/α-hetero) is 1. The fourth-order valence-electron chi connectivity index (χ4n) is 3.15. The van der Waals surface area contributed by atoms with E-state index in [1.54, 1.807) is 48.2 Å². The second kappa shape index (κ2) is 5.95. The van der Waals surface area contributed by atoms with Crippen LogP contribution < -0.4 is 4.90 Å². The van der Waals surface area contributed by atoms with Crippen LogP contribution in [0.15, 0.2) is 48.0 Å². The molecule has 1 aliphatic rings. The van der Waals surface area contributed by atoms with Crippen LogP contribution in [0.25, 0.3) is 5.76 Å². The maximum atomic E-state index is 13.0. The van der Waals surface area contributed by atoms with E-state index < -0.39 is 23.3 Å². The van der Waals surface area contributed by atoms with Crippen LogP contribution in [0.3, 0.4) is 0 Å². The van der Waals surface area contributed by atoms with Crippen molar-refractivity contribution in [3.8, 4) is 0 Å². The van der Waals surface area contributed by atoms with E-state index in [0.29, 0.717) is 11.4 Å². The van der Waals surface area contributed by atoms with Crippen LogP contribution >= 0.6 is 0 Å². The Kier molecular flexibility index (Phi) is 4.06. The maximum Gasteiger partial charge on any atom is 0.454 e. The molecule has 0 aliphatic carbocycles. The van der Waals surface area contributed by atoms with Gasteiger partial charge in [0.1, 0.15) is 5.76 Å². The molecule has 0 saturated heterocycles. The molecule has 6 heteroatoms. The summed E-state index contributed by atoms with van der Waals surface area (Å²) >= 11 is 0. The molecular weight excluding hydrogens is 331 g/mol. The van der Waals surface area contributed by atoms with Gasteiger partial charge < -0.3 is 10.0 Å². The van der Waals surface area contributed by atoms with Crippen LogP contribution in [0, 0.1) is 13.8 Å². The van der Waals surface area contributed by atoms with Gasteiger partial charge in [0.15, 0.2) is 0 Å². The third-order valence-electron chi connectivity index (χ3n) is 4.17. The number of ketones is 1. The number of aliphatic hydroxyl groups excluding tert-OH is 1. The molecule has 2 aromatic rings. The molecule has 0 radical (unpaired) electrons. The van der Waals surface area contributed by atoms with Crippen molar-refractivity contribution >= 4 is 22.9 Å². The molecule has 0 amide bonds. The van der Waals surface area contributed by atoms with E-state index in [9.17, 15) is 23.1 Å². The lowest BCUT2D eigenvalue weighted by molar-refractivity contribution is -0.166. The van der Waals surface area contributed by atoms with Gasteiger partial charge in [-0.3, -0.25) is 4.79 Å². The maximum absolute atomic E-state index is 13.0. The average molecular weight is 347 g/mol. The largest absolute Gasteiger partial charge is 0.507 e. The van der Waals surface area contributed by atoms with Gasteiger partial charge in [0.25, 0.3) is 5.78 Å². The smallest absolute Gasteiger partial charge is 0.454 e. The normalized spacial score (nSPS) is 14.5. The first kappa shape index (κ1) is 17.1. The average Bonchev–Trinajstić information content (AvgIpc) is 2.55. The minimum Gasteiger partial charge on any atom is -0.507 e. The molecule has 3 nitrogen and oxygen atoms in total. The number of hydrogen-bond acceptors (Lipinski definition) is 3. The van der Waals surface area contributed by atoms with Gasteiger partial charge in [-0.2, -0.15) is 13.2 Å². The second-order valence-electron chi connectivity index (χ2n) is 6.05. The van der Waals surface area contributed by atoms with E-state index in [-0.39, 0.29) is 12.1 Å². The molecule has 0 unspecified atom stereocenters. The van der Waals surface area contributed by atoms with Gasteiger partial charge >= 0.3 is 6.18 Å². The summed E-state index contributed by atoms with van der Waals surface area (Å²) < 4.78 is 38.9. The third kappa shape index (κ3) is 2.99. The Morgan fingerprint density at radius 1 is 1.12 bits per heavy atom. The van der Waals surface area contributed by atoms with Gasteiger partial charge in [-0.25, -0.2) is 0 Å². The van der Waals surface area contributed by atoms with Gasteiger partial charge in [-0.15, -0.1) is 0 Å². The Hall–Kier alpha value is -2.76. The Morgan fingerprint density at radius 3 is 2.36 bits per heavy atom. The molecule has 0 bridgehead atoms. The van der Waals surface area contributed by atoms with Crippen LogP contribution in [-0.4, -0.2) is 23.6 Å². The van der Waals surface area contributed by atoms with Crippen molar-refractivity contribution in [2.45, 2.75) is 20.0 Å². The van der Waals surface area contributed by atoms with Crippen molar-refractivity contribution in [1.29, 1.82) is 0 Å². The van der Waals surface area contributed by atoms with Gasteiger partial charge in [0.05, 0.1) is 17.8 Å². The Labute approximate surface area is 143 Å². The summed E-state index contributed by atoms with van der Waals surface area (Å²) in [5.74, 6) is -2.62. The monoisotopic (exact) mass is 347 g/mol. The number of aryl methyl sites for hydroxylation is 2. The van der Waals surface area contributed by atoms with Crippen molar-refractivity contribution < 1.29 is 23.1 Å². The van der Waals surface area contributed by atoms with Crippen molar-refractivity contribution in [2.75, 3.05) is 11.4 Å². The van der Waals surface area contributed by atoms with Crippen LogP contribution in [-0.2, 0) is 4.79 Å². The molecule has 25 heavy (non-hydrogen) atoms. The SMILES string of the molecule is Cc1cc(C)c2c(c1)C(O)=C(C(=O)C(F)(F)F)CN2c1ccccc1. The summed E-state index contributed by atoms with van der Waals surface area (Å²) in [6.07, 6.45) is -5.04. The van der Waals surface area contributed by atoms with Gasteiger partial charge in [-0.1, -0.05) is 24.3 Å². The van der Waals surface area contributed by atoms with Crippen LogP contribution in [0.4, 0.5) is 24.5 Å². The first-order chi connectivity index (χ1) is 11.7. The number of para-hydroxylation sites is 1.